The van der Waals surface area contributed by atoms with E-state index in [1.165, 1.54) is 0 Å². The Morgan fingerprint density at radius 3 is 2.52 bits per heavy atom. The van der Waals surface area contributed by atoms with Gasteiger partial charge in [0.25, 0.3) is 0 Å². The summed E-state index contributed by atoms with van der Waals surface area (Å²) in [6, 6.07) is 11.3. The molecule has 1 aliphatic rings. The van der Waals surface area contributed by atoms with Crippen LogP contribution in [0.1, 0.15) is 0 Å². The van der Waals surface area contributed by atoms with E-state index in [9.17, 15) is 9.59 Å². The van der Waals surface area contributed by atoms with Crippen molar-refractivity contribution in [2.75, 3.05) is 30.4 Å². The first kappa shape index (κ1) is 16.9. The molecule has 0 bridgehead atoms. The van der Waals surface area contributed by atoms with Gasteiger partial charge in [0.05, 0.1) is 6.54 Å². The third-order valence-electron chi connectivity index (χ3n) is 3.32. The maximum atomic E-state index is 11.9. The molecular weight excluding hydrogens is 346 g/mol. The van der Waals surface area contributed by atoms with E-state index < -0.39 is 6.03 Å². The van der Waals surface area contributed by atoms with Crippen molar-refractivity contribution in [1.29, 1.82) is 0 Å². The average molecular weight is 362 g/mol. The predicted octanol–water partition coefficient (Wildman–Crippen LogP) is 2.87. The van der Waals surface area contributed by atoms with E-state index in [1.807, 2.05) is 0 Å². The molecule has 0 saturated carbocycles. The van der Waals surface area contributed by atoms with Crippen LogP contribution in [0, 0.1) is 0 Å². The lowest BCUT2D eigenvalue weighted by Gasteiger charge is -2.19. The highest BCUT2D eigenvalue weighted by Gasteiger charge is 2.13. The van der Waals surface area contributed by atoms with Gasteiger partial charge in [-0.15, -0.1) is 0 Å². The number of carbonyl (C=O) groups is 2. The molecule has 3 N–H and O–H groups in total. The minimum Gasteiger partial charge on any atom is -0.486 e. The Bertz CT molecular complexity index is 797. The Hall–Kier alpha value is -2.93. The minimum atomic E-state index is -0.500. The van der Waals surface area contributed by atoms with Gasteiger partial charge in [0, 0.05) is 22.5 Å². The highest BCUT2D eigenvalue weighted by atomic mass is 35.5. The van der Waals surface area contributed by atoms with E-state index >= 15 is 0 Å². The van der Waals surface area contributed by atoms with E-state index in [0.717, 1.165) is 0 Å². The Morgan fingerprint density at radius 2 is 1.72 bits per heavy atom. The monoisotopic (exact) mass is 361 g/mol. The largest absolute Gasteiger partial charge is 0.486 e. The highest BCUT2D eigenvalue weighted by molar-refractivity contribution is 6.30. The second-order valence-electron chi connectivity index (χ2n) is 5.22. The molecule has 0 fully saturated rings. The summed E-state index contributed by atoms with van der Waals surface area (Å²) in [5.74, 6) is 0.858. The van der Waals surface area contributed by atoms with Crippen molar-refractivity contribution in [3.05, 3.63) is 47.5 Å². The number of halogens is 1. The van der Waals surface area contributed by atoms with Crippen LogP contribution in [0.3, 0.4) is 0 Å². The van der Waals surface area contributed by atoms with Gasteiger partial charge >= 0.3 is 6.03 Å². The second-order valence-corrected chi connectivity index (χ2v) is 5.66. The molecule has 0 atom stereocenters. The number of urea groups is 1. The van der Waals surface area contributed by atoms with Crippen LogP contribution in [0.5, 0.6) is 11.5 Å². The lowest BCUT2D eigenvalue weighted by molar-refractivity contribution is -0.115. The zero-order valence-electron chi connectivity index (χ0n) is 13.2. The molecule has 0 unspecified atom stereocenters. The maximum absolute atomic E-state index is 11.9. The number of ether oxygens (including phenoxy) is 2. The first-order valence-corrected chi connectivity index (χ1v) is 7.98. The number of hydrogen-bond acceptors (Lipinski definition) is 4. The summed E-state index contributed by atoms with van der Waals surface area (Å²) < 4.78 is 10.9. The molecule has 3 rings (SSSR count). The second kappa shape index (κ2) is 7.76. The summed E-state index contributed by atoms with van der Waals surface area (Å²) in [5, 5.41) is 8.25. The van der Waals surface area contributed by atoms with E-state index in [1.54, 1.807) is 42.5 Å². The molecule has 1 aliphatic heterocycles. The summed E-state index contributed by atoms with van der Waals surface area (Å²) in [6.07, 6.45) is 0. The summed E-state index contributed by atoms with van der Waals surface area (Å²) >= 11 is 5.84. The number of amides is 3. The molecule has 7 nitrogen and oxygen atoms in total. The first-order valence-electron chi connectivity index (χ1n) is 7.60. The molecule has 2 aromatic carbocycles. The molecule has 2 aromatic rings. The maximum Gasteiger partial charge on any atom is 0.319 e. The fourth-order valence-corrected chi connectivity index (χ4v) is 2.42. The molecule has 3 amide bonds. The predicted molar refractivity (Wildman–Crippen MR) is 94.5 cm³/mol. The molecular formula is C17H16ClN3O4. The third kappa shape index (κ3) is 4.77. The van der Waals surface area contributed by atoms with Crippen LogP contribution in [0.15, 0.2) is 42.5 Å². The number of rotatable bonds is 4. The summed E-state index contributed by atoms with van der Waals surface area (Å²) in [6.45, 7) is 0.792. The number of hydrogen-bond donors (Lipinski definition) is 3. The Labute approximate surface area is 149 Å². The van der Waals surface area contributed by atoms with Crippen LogP contribution in [0.25, 0.3) is 0 Å². The number of anilines is 2. The average Bonchev–Trinajstić information content (AvgIpc) is 2.60. The summed E-state index contributed by atoms with van der Waals surface area (Å²) in [5.41, 5.74) is 1.10. The van der Waals surface area contributed by atoms with Gasteiger partial charge in [0.2, 0.25) is 5.91 Å². The van der Waals surface area contributed by atoms with Crippen LogP contribution < -0.4 is 25.4 Å². The van der Waals surface area contributed by atoms with E-state index in [-0.39, 0.29) is 12.5 Å². The molecule has 8 heteroatoms. The molecule has 0 aliphatic carbocycles. The van der Waals surface area contributed by atoms with Crippen molar-refractivity contribution in [2.45, 2.75) is 0 Å². The summed E-state index contributed by atoms with van der Waals surface area (Å²) in [7, 11) is 0. The van der Waals surface area contributed by atoms with Gasteiger partial charge in [-0.3, -0.25) is 4.79 Å². The Morgan fingerprint density at radius 1 is 0.960 bits per heavy atom. The van der Waals surface area contributed by atoms with Crippen molar-refractivity contribution in [1.82, 2.24) is 5.32 Å². The summed E-state index contributed by atoms with van der Waals surface area (Å²) in [4.78, 5) is 23.7. The fourth-order valence-electron chi connectivity index (χ4n) is 2.23. The number of nitrogens with one attached hydrogen (secondary N) is 3. The van der Waals surface area contributed by atoms with Crippen molar-refractivity contribution >= 4 is 34.9 Å². The Balaban J connectivity index is 1.48. The first-order chi connectivity index (χ1) is 12.1. The fraction of sp³-hybridized carbons (Fsp3) is 0.176. The molecule has 0 saturated heterocycles. The SMILES string of the molecule is O=C(CNC(=O)Nc1cccc(Cl)c1)Nc1ccc2c(c1)OCCO2. The smallest absolute Gasteiger partial charge is 0.319 e. The van der Waals surface area contributed by atoms with Crippen LogP contribution >= 0.6 is 11.6 Å². The van der Waals surface area contributed by atoms with Gasteiger partial charge in [-0.25, -0.2) is 4.79 Å². The molecule has 25 heavy (non-hydrogen) atoms. The van der Waals surface area contributed by atoms with Gasteiger partial charge in [-0.2, -0.15) is 0 Å². The zero-order valence-corrected chi connectivity index (χ0v) is 13.9. The van der Waals surface area contributed by atoms with Gasteiger partial charge in [0.1, 0.15) is 13.2 Å². The van der Waals surface area contributed by atoms with Crippen LogP contribution in [-0.4, -0.2) is 31.7 Å². The van der Waals surface area contributed by atoms with E-state index in [4.69, 9.17) is 21.1 Å². The van der Waals surface area contributed by atoms with Gasteiger partial charge in [0.15, 0.2) is 11.5 Å². The third-order valence-corrected chi connectivity index (χ3v) is 3.55. The van der Waals surface area contributed by atoms with Crippen LogP contribution in [-0.2, 0) is 4.79 Å². The van der Waals surface area contributed by atoms with Crippen LogP contribution in [0.4, 0.5) is 16.2 Å². The van der Waals surface area contributed by atoms with Crippen molar-refractivity contribution in [2.24, 2.45) is 0 Å². The number of carbonyl (C=O) groups excluding carboxylic acids is 2. The van der Waals surface area contributed by atoms with E-state index in [0.29, 0.717) is 41.1 Å². The lowest BCUT2D eigenvalue weighted by Crippen LogP contribution is -2.35. The lowest BCUT2D eigenvalue weighted by atomic mass is 10.2. The molecule has 0 spiro atoms. The van der Waals surface area contributed by atoms with Crippen LogP contribution in [0.2, 0.25) is 5.02 Å². The molecule has 0 aromatic heterocycles. The van der Waals surface area contributed by atoms with Crippen molar-refractivity contribution in [3.8, 4) is 11.5 Å². The standard InChI is InChI=1S/C17H16ClN3O4/c18-11-2-1-3-12(8-11)21-17(23)19-10-16(22)20-13-4-5-14-15(9-13)25-7-6-24-14/h1-5,8-9H,6-7,10H2,(H,20,22)(H2,19,21,23). The highest BCUT2D eigenvalue weighted by Crippen LogP contribution is 2.32. The van der Waals surface area contributed by atoms with Gasteiger partial charge in [-0.05, 0) is 30.3 Å². The van der Waals surface area contributed by atoms with E-state index in [2.05, 4.69) is 16.0 Å². The van der Waals surface area contributed by atoms with Crippen molar-refractivity contribution < 1.29 is 19.1 Å². The van der Waals surface area contributed by atoms with Gasteiger partial charge in [-0.1, -0.05) is 17.7 Å². The topological polar surface area (TPSA) is 88.7 Å². The molecule has 0 radical (unpaired) electrons. The number of fused-ring (bicyclic) bond motifs is 1. The zero-order chi connectivity index (χ0) is 17.6. The Kier molecular flexibility index (Phi) is 5.25. The van der Waals surface area contributed by atoms with Crippen molar-refractivity contribution in [3.63, 3.8) is 0 Å². The van der Waals surface area contributed by atoms with Gasteiger partial charge < -0.3 is 25.4 Å². The minimum absolute atomic E-state index is 0.180. The number of benzene rings is 2. The molecule has 1 heterocycles. The molecule has 130 valence electrons. The quantitative estimate of drug-likeness (QED) is 0.781. The normalized spacial score (nSPS) is 12.2.